The van der Waals surface area contributed by atoms with Crippen LogP contribution in [-0.4, -0.2) is 36.4 Å². The number of nitrogens with one attached hydrogen (secondary N) is 3. The SMILES string of the molecule is CCOc1ccc(C[C@@H](NC(=O)c2ccccc2)C(=O)NC(Cc2ccccc2)C(=O)NCc2ccc(CN)cc2)cc1. The Morgan fingerprint density at radius 1 is 0.651 bits per heavy atom. The van der Waals surface area contributed by atoms with Crippen LogP contribution in [0.3, 0.4) is 0 Å². The molecule has 0 aliphatic rings. The van der Waals surface area contributed by atoms with Gasteiger partial charge >= 0.3 is 0 Å². The smallest absolute Gasteiger partial charge is 0.251 e. The summed E-state index contributed by atoms with van der Waals surface area (Å²) in [6, 6.07) is 31.5. The standard InChI is InChI=1S/C35H38N4O4/c1-2-43-30-19-17-26(18-20-30)22-32(38-33(40)29-11-7-4-8-12-29)35(42)39-31(21-25-9-5-3-6-10-25)34(41)37-24-28-15-13-27(23-36)14-16-28/h3-20,31-32H,2,21-24,36H2,1H3,(H,37,41)(H,38,40)(H,39,42)/t31?,32-/m1/s1. The van der Waals surface area contributed by atoms with Gasteiger partial charge in [-0.25, -0.2) is 0 Å². The van der Waals surface area contributed by atoms with Gasteiger partial charge in [-0.3, -0.25) is 14.4 Å². The van der Waals surface area contributed by atoms with Gasteiger partial charge in [0.05, 0.1) is 6.61 Å². The van der Waals surface area contributed by atoms with E-state index in [1.54, 1.807) is 24.3 Å². The lowest BCUT2D eigenvalue weighted by Gasteiger charge is -2.24. The summed E-state index contributed by atoms with van der Waals surface area (Å²) in [4.78, 5) is 40.4. The van der Waals surface area contributed by atoms with Crippen molar-refractivity contribution in [3.8, 4) is 5.75 Å². The topological polar surface area (TPSA) is 123 Å². The molecule has 0 saturated carbocycles. The van der Waals surface area contributed by atoms with Gasteiger partial charge in [0.25, 0.3) is 5.91 Å². The maximum atomic E-state index is 13.8. The molecule has 222 valence electrons. The summed E-state index contributed by atoms with van der Waals surface area (Å²) in [5.74, 6) is -0.439. The fourth-order valence-electron chi connectivity index (χ4n) is 4.60. The third kappa shape index (κ3) is 9.55. The molecule has 4 aromatic carbocycles. The Hall–Kier alpha value is -4.95. The highest BCUT2D eigenvalue weighted by atomic mass is 16.5. The van der Waals surface area contributed by atoms with E-state index in [1.165, 1.54) is 0 Å². The maximum Gasteiger partial charge on any atom is 0.251 e. The molecule has 3 amide bonds. The van der Waals surface area contributed by atoms with Crippen molar-refractivity contribution < 1.29 is 19.1 Å². The normalized spacial score (nSPS) is 12.0. The van der Waals surface area contributed by atoms with Gasteiger partial charge in [0.2, 0.25) is 11.8 Å². The summed E-state index contributed by atoms with van der Waals surface area (Å²) < 4.78 is 5.54. The van der Waals surface area contributed by atoms with E-state index < -0.39 is 18.0 Å². The number of amides is 3. The first kappa shape index (κ1) is 31.0. The predicted molar refractivity (Wildman–Crippen MR) is 167 cm³/mol. The van der Waals surface area contributed by atoms with E-state index in [2.05, 4.69) is 16.0 Å². The fraction of sp³-hybridized carbons (Fsp3) is 0.229. The van der Waals surface area contributed by atoms with Crippen molar-refractivity contribution in [2.45, 2.75) is 44.9 Å². The van der Waals surface area contributed by atoms with E-state index in [-0.39, 0.29) is 24.7 Å². The van der Waals surface area contributed by atoms with Crippen molar-refractivity contribution in [1.82, 2.24) is 16.0 Å². The van der Waals surface area contributed by atoms with Gasteiger partial charge < -0.3 is 26.4 Å². The molecule has 8 nitrogen and oxygen atoms in total. The van der Waals surface area contributed by atoms with Crippen molar-refractivity contribution in [2.75, 3.05) is 6.61 Å². The molecular formula is C35H38N4O4. The molecule has 5 N–H and O–H groups in total. The van der Waals surface area contributed by atoms with Gasteiger partial charge in [-0.05, 0) is 53.4 Å². The van der Waals surface area contributed by atoms with Crippen molar-refractivity contribution in [3.05, 3.63) is 137 Å². The van der Waals surface area contributed by atoms with Crippen LogP contribution in [0, 0.1) is 0 Å². The molecule has 4 rings (SSSR count). The lowest BCUT2D eigenvalue weighted by atomic mass is 10.0. The molecule has 0 aliphatic carbocycles. The summed E-state index contributed by atoms with van der Waals surface area (Å²) in [6.45, 7) is 3.19. The minimum absolute atomic E-state index is 0.226. The summed E-state index contributed by atoms with van der Waals surface area (Å²) in [6.07, 6.45) is 0.511. The first-order valence-corrected chi connectivity index (χ1v) is 14.4. The van der Waals surface area contributed by atoms with Crippen LogP contribution in [0.5, 0.6) is 5.75 Å². The quantitative estimate of drug-likeness (QED) is 0.181. The lowest BCUT2D eigenvalue weighted by Crippen LogP contribution is -2.55. The van der Waals surface area contributed by atoms with E-state index in [4.69, 9.17) is 10.5 Å². The average Bonchev–Trinajstić information content (AvgIpc) is 3.05. The Balaban J connectivity index is 1.53. The Kier molecular flexibility index (Phi) is 11.5. The van der Waals surface area contributed by atoms with Crippen LogP contribution in [0.4, 0.5) is 0 Å². The highest BCUT2D eigenvalue weighted by Crippen LogP contribution is 2.15. The third-order valence-corrected chi connectivity index (χ3v) is 6.97. The zero-order valence-electron chi connectivity index (χ0n) is 24.3. The number of rotatable bonds is 14. The largest absolute Gasteiger partial charge is 0.494 e. The molecule has 43 heavy (non-hydrogen) atoms. The third-order valence-electron chi connectivity index (χ3n) is 6.97. The number of benzene rings is 4. The van der Waals surface area contributed by atoms with Gasteiger partial charge in [-0.2, -0.15) is 0 Å². The number of carbonyl (C=O) groups is 3. The Labute approximate surface area is 252 Å². The predicted octanol–water partition coefficient (Wildman–Crippen LogP) is 3.93. The summed E-state index contributed by atoms with van der Waals surface area (Å²) in [7, 11) is 0. The number of hydrogen-bond donors (Lipinski definition) is 4. The van der Waals surface area contributed by atoms with Crippen LogP contribution in [-0.2, 0) is 35.5 Å². The van der Waals surface area contributed by atoms with E-state index in [0.29, 0.717) is 25.3 Å². The second-order valence-corrected chi connectivity index (χ2v) is 10.2. The zero-order valence-corrected chi connectivity index (χ0v) is 24.3. The van der Waals surface area contributed by atoms with Crippen LogP contribution in [0.2, 0.25) is 0 Å². The lowest BCUT2D eigenvalue weighted by molar-refractivity contribution is -0.130. The molecule has 0 fully saturated rings. The highest BCUT2D eigenvalue weighted by Gasteiger charge is 2.27. The van der Waals surface area contributed by atoms with Gasteiger partial charge in [-0.15, -0.1) is 0 Å². The van der Waals surface area contributed by atoms with Crippen LogP contribution >= 0.6 is 0 Å². The number of carbonyl (C=O) groups excluding carboxylic acids is 3. The fourth-order valence-corrected chi connectivity index (χ4v) is 4.60. The molecule has 0 heterocycles. The average molecular weight is 579 g/mol. The highest BCUT2D eigenvalue weighted by molar-refractivity contribution is 5.98. The molecule has 0 bridgehead atoms. The summed E-state index contributed by atoms with van der Waals surface area (Å²) in [5.41, 5.74) is 9.78. The van der Waals surface area contributed by atoms with Crippen molar-refractivity contribution in [2.24, 2.45) is 5.73 Å². The molecule has 8 heteroatoms. The molecule has 0 aromatic heterocycles. The van der Waals surface area contributed by atoms with Crippen LogP contribution in [0.15, 0.2) is 109 Å². The van der Waals surface area contributed by atoms with Crippen molar-refractivity contribution >= 4 is 17.7 Å². The monoisotopic (exact) mass is 578 g/mol. The van der Waals surface area contributed by atoms with Gasteiger partial charge in [0.15, 0.2) is 0 Å². The van der Waals surface area contributed by atoms with Crippen molar-refractivity contribution in [3.63, 3.8) is 0 Å². The van der Waals surface area contributed by atoms with Crippen LogP contribution < -0.4 is 26.4 Å². The molecular weight excluding hydrogens is 540 g/mol. The van der Waals surface area contributed by atoms with E-state index in [1.807, 2.05) is 91.9 Å². The Morgan fingerprint density at radius 2 is 1.19 bits per heavy atom. The number of hydrogen-bond acceptors (Lipinski definition) is 5. The first-order chi connectivity index (χ1) is 20.9. The van der Waals surface area contributed by atoms with E-state index in [0.717, 1.165) is 28.0 Å². The molecule has 1 unspecified atom stereocenters. The minimum atomic E-state index is -0.930. The number of nitrogens with two attached hydrogens (primary N) is 1. The molecule has 4 aromatic rings. The first-order valence-electron chi connectivity index (χ1n) is 14.4. The zero-order chi connectivity index (χ0) is 30.4. The van der Waals surface area contributed by atoms with Crippen LogP contribution in [0.25, 0.3) is 0 Å². The minimum Gasteiger partial charge on any atom is -0.494 e. The second kappa shape index (κ2) is 15.9. The van der Waals surface area contributed by atoms with E-state index >= 15 is 0 Å². The van der Waals surface area contributed by atoms with E-state index in [9.17, 15) is 14.4 Å². The maximum absolute atomic E-state index is 13.8. The molecule has 2 atom stereocenters. The van der Waals surface area contributed by atoms with Gasteiger partial charge in [0.1, 0.15) is 17.8 Å². The van der Waals surface area contributed by atoms with Crippen LogP contribution in [0.1, 0.15) is 39.5 Å². The summed E-state index contributed by atoms with van der Waals surface area (Å²) in [5, 5.41) is 8.75. The molecule has 0 radical (unpaired) electrons. The van der Waals surface area contributed by atoms with Gasteiger partial charge in [-0.1, -0.05) is 84.9 Å². The molecule has 0 aliphatic heterocycles. The second-order valence-electron chi connectivity index (χ2n) is 10.2. The number of ether oxygens (including phenoxy) is 1. The Morgan fingerprint density at radius 3 is 1.79 bits per heavy atom. The van der Waals surface area contributed by atoms with Crippen molar-refractivity contribution in [1.29, 1.82) is 0 Å². The molecule has 0 saturated heterocycles. The molecule has 0 spiro atoms. The van der Waals surface area contributed by atoms with Gasteiger partial charge in [0, 0.05) is 31.5 Å². The Bertz CT molecular complexity index is 1460. The summed E-state index contributed by atoms with van der Waals surface area (Å²) >= 11 is 0.